The molecule has 1 heterocycles. The van der Waals surface area contributed by atoms with Gasteiger partial charge in [-0.15, -0.1) is 0 Å². The highest BCUT2D eigenvalue weighted by Crippen LogP contribution is 2.36. The Labute approximate surface area is 159 Å². The topological polar surface area (TPSA) is 83.4 Å². The Hall–Kier alpha value is -2.82. The maximum atomic E-state index is 12.1. The molecule has 0 saturated carbocycles. The number of amides is 2. The van der Waals surface area contributed by atoms with E-state index in [1.165, 1.54) is 0 Å². The quantitative estimate of drug-likeness (QED) is 0.818. The van der Waals surface area contributed by atoms with E-state index in [1.54, 1.807) is 36.4 Å². The molecule has 138 valence electrons. The van der Waals surface area contributed by atoms with Crippen molar-refractivity contribution in [2.75, 3.05) is 10.6 Å². The predicted molar refractivity (Wildman–Crippen MR) is 106 cm³/mol. The third-order valence-electron chi connectivity index (χ3n) is 4.97. The van der Waals surface area contributed by atoms with Crippen molar-refractivity contribution in [2.24, 2.45) is 0 Å². The lowest BCUT2D eigenvalue weighted by Gasteiger charge is -2.32. The fourth-order valence-corrected chi connectivity index (χ4v) is 2.62. The van der Waals surface area contributed by atoms with Gasteiger partial charge in [-0.05, 0) is 69.6 Å². The van der Waals surface area contributed by atoms with Crippen LogP contribution in [0.2, 0.25) is 0 Å². The van der Waals surface area contributed by atoms with E-state index < -0.39 is 18.3 Å². The minimum absolute atomic E-state index is 0.358. The zero-order valence-corrected chi connectivity index (χ0v) is 15.9. The zero-order chi connectivity index (χ0) is 19.7. The van der Waals surface area contributed by atoms with Crippen molar-refractivity contribution in [2.45, 2.75) is 38.9 Å². The van der Waals surface area contributed by atoms with Crippen molar-refractivity contribution in [3.8, 4) is 6.07 Å². The number of carbonyl (C=O) groups excluding carboxylic acids is 1. The molecule has 0 radical (unpaired) electrons. The third-order valence-corrected chi connectivity index (χ3v) is 4.97. The Morgan fingerprint density at radius 3 is 1.78 bits per heavy atom. The second-order valence-corrected chi connectivity index (χ2v) is 7.48. The first-order valence-corrected chi connectivity index (χ1v) is 8.74. The molecule has 7 heteroatoms. The van der Waals surface area contributed by atoms with Gasteiger partial charge < -0.3 is 19.9 Å². The molecule has 0 spiro atoms. The molecule has 0 aromatic heterocycles. The zero-order valence-electron chi connectivity index (χ0n) is 15.9. The van der Waals surface area contributed by atoms with Crippen LogP contribution in [0, 0.1) is 11.3 Å². The molecule has 2 amide bonds. The number of hydrogen-bond donors (Lipinski definition) is 2. The number of anilines is 2. The second kappa shape index (κ2) is 7.07. The molecule has 0 atom stereocenters. The normalized spacial score (nSPS) is 17.2. The van der Waals surface area contributed by atoms with Crippen molar-refractivity contribution < 1.29 is 14.1 Å². The molecule has 1 saturated heterocycles. The minimum Gasteiger partial charge on any atom is -0.399 e. The van der Waals surface area contributed by atoms with Gasteiger partial charge in [-0.1, -0.05) is 12.1 Å². The molecule has 1 aliphatic heterocycles. The molecule has 1 aliphatic rings. The van der Waals surface area contributed by atoms with Crippen molar-refractivity contribution in [3.63, 3.8) is 0 Å². The van der Waals surface area contributed by atoms with Gasteiger partial charge in [0.15, 0.2) is 0 Å². The van der Waals surface area contributed by atoms with Crippen LogP contribution in [0.5, 0.6) is 0 Å². The van der Waals surface area contributed by atoms with Gasteiger partial charge in [0.25, 0.3) is 0 Å². The highest BCUT2D eigenvalue weighted by Gasteiger charge is 2.51. The highest BCUT2D eigenvalue weighted by molar-refractivity contribution is 6.62. The summed E-state index contributed by atoms with van der Waals surface area (Å²) >= 11 is 0. The summed E-state index contributed by atoms with van der Waals surface area (Å²) in [7, 11) is -0.434. The summed E-state index contributed by atoms with van der Waals surface area (Å²) in [6.07, 6.45) is 0. The summed E-state index contributed by atoms with van der Waals surface area (Å²) in [5, 5.41) is 14.3. The summed E-state index contributed by atoms with van der Waals surface area (Å²) in [6, 6.07) is 15.7. The number of nitriles is 1. The van der Waals surface area contributed by atoms with E-state index >= 15 is 0 Å². The lowest BCUT2D eigenvalue weighted by Crippen LogP contribution is -2.41. The monoisotopic (exact) mass is 363 g/mol. The van der Waals surface area contributed by atoms with E-state index in [2.05, 4.69) is 10.6 Å². The van der Waals surface area contributed by atoms with Crippen LogP contribution in [0.4, 0.5) is 16.2 Å². The summed E-state index contributed by atoms with van der Waals surface area (Å²) in [5.41, 5.74) is 1.92. The van der Waals surface area contributed by atoms with Crippen molar-refractivity contribution >= 4 is 30.0 Å². The molecule has 3 rings (SSSR count). The molecule has 27 heavy (non-hydrogen) atoms. The second-order valence-electron chi connectivity index (χ2n) is 7.48. The summed E-state index contributed by atoms with van der Waals surface area (Å²) in [5.74, 6) is 0. The summed E-state index contributed by atoms with van der Waals surface area (Å²) < 4.78 is 12.0. The van der Waals surface area contributed by atoms with Crippen LogP contribution in [0.15, 0.2) is 48.5 Å². The molecular formula is C20H22BN3O3. The van der Waals surface area contributed by atoms with Gasteiger partial charge in [0.2, 0.25) is 0 Å². The average molecular weight is 363 g/mol. The van der Waals surface area contributed by atoms with E-state index in [-0.39, 0.29) is 6.03 Å². The predicted octanol–water partition coefficient (Wildman–Crippen LogP) is 3.50. The first-order valence-electron chi connectivity index (χ1n) is 8.74. The van der Waals surface area contributed by atoms with Crippen LogP contribution >= 0.6 is 0 Å². The maximum absolute atomic E-state index is 12.1. The standard InChI is InChI=1S/C20H22BN3O3/c1-19(2)20(3,4)27-21(26-19)15-7-11-17(12-8-15)24-18(25)23-16-9-5-14(13-22)6-10-16/h5-12H,1-4H3,(H2,23,24,25). The molecule has 2 N–H and O–H groups in total. The number of carbonyl (C=O) groups is 1. The lowest BCUT2D eigenvalue weighted by molar-refractivity contribution is 0.00578. The number of hydrogen-bond acceptors (Lipinski definition) is 4. The van der Waals surface area contributed by atoms with Gasteiger partial charge in [-0.2, -0.15) is 5.26 Å². The largest absolute Gasteiger partial charge is 0.494 e. The van der Waals surface area contributed by atoms with Crippen molar-refractivity contribution in [1.82, 2.24) is 0 Å². The van der Waals surface area contributed by atoms with Crippen LogP contribution in [-0.2, 0) is 9.31 Å². The van der Waals surface area contributed by atoms with Gasteiger partial charge >= 0.3 is 13.1 Å². The van der Waals surface area contributed by atoms with Crippen molar-refractivity contribution in [3.05, 3.63) is 54.1 Å². The Kier molecular flexibility index (Phi) is 4.96. The van der Waals surface area contributed by atoms with E-state index in [4.69, 9.17) is 14.6 Å². The maximum Gasteiger partial charge on any atom is 0.494 e. The Bertz CT molecular complexity index is 855. The fourth-order valence-electron chi connectivity index (χ4n) is 2.62. The number of benzene rings is 2. The van der Waals surface area contributed by atoms with Crippen LogP contribution in [0.25, 0.3) is 0 Å². The minimum atomic E-state index is -0.434. The molecular weight excluding hydrogens is 341 g/mol. The lowest BCUT2D eigenvalue weighted by atomic mass is 9.79. The Morgan fingerprint density at radius 1 is 0.889 bits per heavy atom. The first kappa shape index (κ1) is 19.0. The number of nitrogens with one attached hydrogen (secondary N) is 2. The van der Waals surface area contributed by atoms with Gasteiger partial charge in [-0.3, -0.25) is 0 Å². The van der Waals surface area contributed by atoms with Crippen molar-refractivity contribution in [1.29, 1.82) is 5.26 Å². The molecule has 6 nitrogen and oxygen atoms in total. The number of rotatable bonds is 3. The molecule has 2 aromatic rings. The van der Waals surface area contributed by atoms with Crippen LogP contribution < -0.4 is 16.1 Å². The van der Waals surface area contributed by atoms with E-state index in [9.17, 15) is 4.79 Å². The van der Waals surface area contributed by atoms with Gasteiger partial charge in [0.05, 0.1) is 22.8 Å². The Balaban J connectivity index is 1.61. The molecule has 2 aromatic carbocycles. The Morgan fingerprint density at radius 2 is 1.33 bits per heavy atom. The van der Waals surface area contributed by atoms with Gasteiger partial charge in [0.1, 0.15) is 0 Å². The van der Waals surface area contributed by atoms with Crippen LogP contribution in [0.1, 0.15) is 33.3 Å². The smallest absolute Gasteiger partial charge is 0.399 e. The van der Waals surface area contributed by atoms with E-state index in [0.29, 0.717) is 16.9 Å². The van der Waals surface area contributed by atoms with E-state index in [1.807, 2.05) is 45.9 Å². The van der Waals surface area contributed by atoms with Crippen LogP contribution in [0.3, 0.4) is 0 Å². The molecule has 0 unspecified atom stereocenters. The summed E-state index contributed by atoms with van der Waals surface area (Å²) in [6.45, 7) is 8.04. The highest BCUT2D eigenvalue weighted by atomic mass is 16.7. The third kappa shape index (κ3) is 4.13. The SMILES string of the molecule is CC1(C)OB(c2ccc(NC(=O)Nc3ccc(C#N)cc3)cc2)OC1(C)C. The van der Waals surface area contributed by atoms with Gasteiger partial charge in [-0.25, -0.2) is 4.79 Å². The molecule has 0 bridgehead atoms. The number of nitrogens with zero attached hydrogens (tertiary/aromatic N) is 1. The fraction of sp³-hybridized carbons (Fsp3) is 0.300. The molecule has 0 aliphatic carbocycles. The molecule has 1 fully saturated rings. The van der Waals surface area contributed by atoms with Crippen LogP contribution in [-0.4, -0.2) is 24.4 Å². The number of urea groups is 1. The average Bonchev–Trinajstić information content (AvgIpc) is 2.84. The van der Waals surface area contributed by atoms with Gasteiger partial charge in [0, 0.05) is 11.4 Å². The first-order chi connectivity index (χ1) is 12.7. The summed E-state index contributed by atoms with van der Waals surface area (Å²) in [4.78, 5) is 12.1. The van der Waals surface area contributed by atoms with E-state index in [0.717, 1.165) is 5.46 Å².